The first-order valence-electron chi connectivity index (χ1n) is 15.3. The predicted molar refractivity (Wildman–Crippen MR) is 153 cm³/mol. The van der Waals surface area contributed by atoms with Gasteiger partial charge in [0.2, 0.25) is 0 Å². The van der Waals surface area contributed by atoms with E-state index in [1.54, 1.807) is 0 Å². The van der Waals surface area contributed by atoms with Crippen LogP contribution < -0.4 is 0 Å². The number of allylic oxidation sites excluding steroid dienone is 2. The van der Waals surface area contributed by atoms with Gasteiger partial charge in [0, 0.05) is 0 Å². The molecule has 210 valence electrons. The number of ether oxygens (including phenoxy) is 1. The van der Waals surface area contributed by atoms with E-state index < -0.39 is 17.9 Å². The van der Waals surface area contributed by atoms with Gasteiger partial charge in [0.05, 0.1) is 12.3 Å². The maximum Gasteiger partial charge on any atom is 0.309 e. The van der Waals surface area contributed by atoms with Crippen LogP contribution in [0.25, 0.3) is 0 Å². The summed E-state index contributed by atoms with van der Waals surface area (Å²) in [4.78, 5) is 22.9. The monoisotopic (exact) mass is 506 g/mol. The van der Waals surface area contributed by atoms with Crippen LogP contribution in [0.4, 0.5) is 0 Å². The van der Waals surface area contributed by atoms with Gasteiger partial charge in [0.15, 0.2) is 0 Å². The van der Waals surface area contributed by atoms with E-state index in [0.717, 1.165) is 19.3 Å². The van der Waals surface area contributed by atoms with Crippen molar-refractivity contribution in [3.63, 3.8) is 0 Å². The number of rotatable bonds is 28. The Balaban J connectivity index is 3.39. The van der Waals surface area contributed by atoms with Crippen molar-refractivity contribution in [2.75, 3.05) is 6.61 Å². The zero-order chi connectivity index (χ0) is 26.5. The van der Waals surface area contributed by atoms with Crippen LogP contribution in [0, 0.1) is 5.92 Å². The van der Waals surface area contributed by atoms with Crippen molar-refractivity contribution in [3.8, 4) is 0 Å². The number of carboxylic acid groups (broad SMARTS) is 1. The topological polar surface area (TPSA) is 63.6 Å². The first-order valence-corrected chi connectivity index (χ1v) is 15.3. The van der Waals surface area contributed by atoms with Gasteiger partial charge in [-0.05, 0) is 32.1 Å². The van der Waals surface area contributed by atoms with E-state index in [1.165, 1.54) is 122 Å². The number of aliphatic carboxylic acids is 1. The molecule has 0 aromatic rings. The van der Waals surface area contributed by atoms with Crippen LogP contribution in [-0.4, -0.2) is 23.7 Å². The average molecular weight is 507 g/mol. The van der Waals surface area contributed by atoms with Gasteiger partial charge >= 0.3 is 11.9 Å². The third-order valence-corrected chi connectivity index (χ3v) is 6.91. The van der Waals surface area contributed by atoms with Crippen LogP contribution in [0.3, 0.4) is 0 Å². The van der Waals surface area contributed by atoms with Crippen molar-refractivity contribution in [2.24, 2.45) is 5.92 Å². The molecule has 0 aliphatic rings. The molecule has 0 bridgehead atoms. The Hall–Kier alpha value is -1.58. The zero-order valence-corrected chi connectivity index (χ0v) is 23.7. The molecular weight excluding hydrogens is 448 g/mol. The summed E-state index contributed by atoms with van der Waals surface area (Å²) in [7, 11) is 0. The molecule has 0 heterocycles. The van der Waals surface area contributed by atoms with Crippen molar-refractivity contribution in [2.45, 2.75) is 155 Å². The number of hydrogen-bond donors (Lipinski definition) is 1. The van der Waals surface area contributed by atoms with Crippen molar-refractivity contribution in [1.82, 2.24) is 0 Å². The molecule has 0 aliphatic carbocycles. The van der Waals surface area contributed by atoms with Gasteiger partial charge in [-0.15, -0.1) is 0 Å². The zero-order valence-electron chi connectivity index (χ0n) is 23.7. The molecule has 1 N–H and O–H groups in total. The molecule has 0 aromatic carbocycles. The van der Waals surface area contributed by atoms with E-state index >= 15 is 0 Å². The standard InChI is InChI=1S/C32H58O4/c1-3-5-6-7-8-9-10-11-12-13-14-15-16-17-18-19-20-21-22-23-24-25-26-27-30(29-31(33)34)32(35)36-28-4-2/h4,10-11,30H,2-3,5-9,12-29H2,1H3,(H,33,34)/b11-10+. The summed E-state index contributed by atoms with van der Waals surface area (Å²) in [5.74, 6) is -1.88. The normalized spacial score (nSPS) is 12.1. The van der Waals surface area contributed by atoms with Crippen LogP contribution in [0.5, 0.6) is 0 Å². The molecule has 1 atom stereocenters. The molecule has 0 spiro atoms. The summed E-state index contributed by atoms with van der Waals surface area (Å²) in [6.45, 7) is 5.94. The molecule has 0 saturated heterocycles. The number of hydrogen-bond acceptors (Lipinski definition) is 3. The minimum absolute atomic E-state index is 0.145. The Morgan fingerprint density at radius 1 is 0.694 bits per heavy atom. The Kier molecular flexibility index (Phi) is 26.8. The van der Waals surface area contributed by atoms with Crippen LogP contribution in [-0.2, 0) is 14.3 Å². The average Bonchev–Trinajstić information content (AvgIpc) is 2.86. The first-order chi connectivity index (χ1) is 17.6. The molecule has 0 aromatic heterocycles. The van der Waals surface area contributed by atoms with Crippen LogP contribution in [0.1, 0.15) is 155 Å². The Morgan fingerprint density at radius 3 is 1.53 bits per heavy atom. The van der Waals surface area contributed by atoms with E-state index in [4.69, 9.17) is 9.84 Å². The van der Waals surface area contributed by atoms with Gasteiger partial charge in [0.25, 0.3) is 0 Å². The minimum Gasteiger partial charge on any atom is -0.481 e. The summed E-state index contributed by atoms with van der Waals surface area (Å²) < 4.78 is 5.03. The second-order valence-electron chi connectivity index (χ2n) is 10.4. The van der Waals surface area contributed by atoms with E-state index in [9.17, 15) is 9.59 Å². The van der Waals surface area contributed by atoms with Crippen molar-refractivity contribution in [3.05, 3.63) is 24.8 Å². The van der Waals surface area contributed by atoms with Gasteiger partial charge in [-0.25, -0.2) is 0 Å². The van der Waals surface area contributed by atoms with Crippen LogP contribution in [0.2, 0.25) is 0 Å². The van der Waals surface area contributed by atoms with Crippen LogP contribution in [0.15, 0.2) is 24.8 Å². The lowest BCUT2D eigenvalue weighted by atomic mass is 9.97. The highest BCUT2D eigenvalue weighted by molar-refractivity contribution is 5.79. The lowest BCUT2D eigenvalue weighted by molar-refractivity contribution is -0.152. The summed E-state index contributed by atoms with van der Waals surface area (Å²) in [6, 6.07) is 0. The lowest BCUT2D eigenvalue weighted by Gasteiger charge is -2.13. The fourth-order valence-corrected chi connectivity index (χ4v) is 4.65. The molecule has 0 fully saturated rings. The molecule has 0 rings (SSSR count). The molecule has 0 amide bonds. The Labute approximate surface area is 223 Å². The largest absolute Gasteiger partial charge is 0.481 e. The highest BCUT2D eigenvalue weighted by atomic mass is 16.5. The molecule has 0 radical (unpaired) electrons. The van der Waals surface area contributed by atoms with E-state index in [2.05, 4.69) is 25.7 Å². The number of esters is 1. The van der Waals surface area contributed by atoms with Gasteiger partial charge in [-0.1, -0.05) is 141 Å². The maximum atomic E-state index is 12.0. The highest BCUT2D eigenvalue weighted by Crippen LogP contribution is 2.18. The summed E-state index contributed by atoms with van der Waals surface area (Å²) in [5, 5.41) is 9.01. The number of unbranched alkanes of at least 4 members (excludes halogenated alkanes) is 19. The maximum absolute atomic E-state index is 12.0. The lowest BCUT2D eigenvalue weighted by Crippen LogP contribution is -2.21. The Bertz CT molecular complexity index is 540. The van der Waals surface area contributed by atoms with Crippen molar-refractivity contribution >= 4 is 11.9 Å². The molecule has 4 heteroatoms. The summed E-state index contributed by atoms with van der Waals surface area (Å²) in [5.41, 5.74) is 0. The molecule has 0 aliphatic heterocycles. The fraction of sp³-hybridized carbons (Fsp3) is 0.812. The fourth-order valence-electron chi connectivity index (χ4n) is 4.65. The number of carboxylic acids is 1. The smallest absolute Gasteiger partial charge is 0.309 e. The van der Waals surface area contributed by atoms with Gasteiger partial charge in [-0.3, -0.25) is 9.59 Å². The SMILES string of the molecule is C=CCOC(=O)C(CCCCCCCCCCCCCCCC/C=C/CCCCCCC)CC(=O)O. The number of carbonyl (C=O) groups is 2. The third-order valence-electron chi connectivity index (χ3n) is 6.91. The Morgan fingerprint density at radius 2 is 1.11 bits per heavy atom. The molecular formula is C32H58O4. The molecule has 0 saturated carbocycles. The van der Waals surface area contributed by atoms with Gasteiger partial charge < -0.3 is 9.84 Å². The third kappa shape index (κ3) is 25.5. The highest BCUT2D eigenvalue weighted by Gasteiger charge is 2.22. The first kappa shape index (κ1) is 34.4. The van der Waals surface area contributed by atoms with Gasteiger partial charge in [-0.2, -0.15) is 0 Å². The number of carbonyl (C=O) groups excluding carboxylic acids is 1. The van der Waals surface area contributed by atoms with Gasteiger partial charge in [0.1, 0.15) is 6.61 Å². The minimum atomic E-state index is -0.943. The summed E-state index contributed by atoms with van der Waals surface area (Å²) in [6.07, 6.45) is 34.1. The van der Waals surface area contributed by atoms with E-state index in [1.807, 2.05) is 0 Å². The second-order valence-corrected chi connectivity index (χ2v) is 10.4. The van der Waals surface area contributed by atoms with Crippen LogP contribution >= 0.6 is 0 Å². The van der Waals surface area contributed by atoms with E-state index in [-0.39, 0.29) is 13.0 Å². The predicted octanol–water partition coefficient (Wildman–Crippen LogP) is 9.96. The molecule has 1 unspecified atom stereocenters. The molecule has 36 heavy (non-hydrogen) atoms. The summed E-state index contributed by atoms with van der Waals surface area (Å²) >= 11 is 0. The quantitative estimate of drug-likeness (QED) is 0.0651. The second kappa shape index (κ2) is 28.0. The molecule has 4 nitrogen and oxygen atoms in total. The van der Waals surface area contributed by atoms with Crippen molar-refractivity contribution in [1.29, 1.82) is 0 Å². The van der Waals surface area contributed by atoms with E-state index in [0.29, 0.717) is 6.42 Å². The van der Waals surface area contributed by atoms with Crippen molar-refractivity contribution < 1.29 is 19.4 Å².